The van der Waals surface area contributed by atoms with E-state index in [0.717, 1.165) is 56.1 Å². The highest BCUT2D eigenvalue weighted by molar-refractivity contribution is 5.57. The monoisotopic (exact) mass is 395 g/mol. The Bertz CT molecular complexity index is 800. The van der Waals surface area contributed by atoms with Crippen LogP contribution in [0.3, 0.4) is 0 Å². The largest absolute Gasteiger partial charge is 0.454 e. The Balaban J connectivity index is 1.07. The maximum Gasteiger partial charge on any atom is 0.231 e. The summed E-state index contributed by atoms with van der Waals surface area (Å²) in [6.07, 6.45) is 8.76. The first-order valence-electron chi connectivity index (χ1n) is 10.7. The van der Waals surface area contributed by atoms with Crippen LogP contribution in [0.25, 0.3) is 0 Å². The van der Waals surface area contributed by atoms with E-state index >= 15 is 0 Å². The number of nitrogens with zero attached hydrogens (tertiary/aromatic N) is 3. The van der Waals surface area contributed by atoms with Gasteiger partial charge in [0.1, 0.15) is 0 Å². The molecule has 0 aliphatic carbocycles. The lowest BCUT2D eigenvalue weighted by Gasteiger charge is -2.42. The first-order chi connectivity index (χ1) is 14.3. The van der Waals surface area contributed by atoms with Crippen molar-refractivity contribution in [2.24, 2.45) is 0 Å². The molecule has 2 fully saturated rings. The Morgan fingerprint density at radius 1 is 0.966 bits per heavy atom. The van der Waals surface area contributed by atoms with E-state index in [-0.39, 0.29) is 0 Å². The number of aromatic nitrogens is 1. The zero-order valence-corrected chi connectivity index (χ0v) is 16.8. The van der Waals surface area contributed by atoms with Crippen molar-refractivity contribution >= 4 is 5.69 Å². The molecule has 6 nitrogen and oxygen atoms in total. The third-order valence-corrected chi connectivity index (χ3v) is 6.39. The van der Waals surface area contributed by atoms with Crippen LogP contribution in [0.5, 0.6) is 11.5 Å². The quantitative estimate of drug-likeness (QED) is 0.773. The van der Waals surface area contributed by atoms with Gasteiger partial charge in [-0.2, -0.15) is 0 Å². The maximum atomic E-state index is 6.12. The summed E-state index contributed by atoms with van der Waals surface area (Å²) in [5.74, 6) is 1.73. The number of ether oxygens (including phenoxy) is 3. The lowest BCUT2D eigenvalue weighted by molar-refractivity contribution is -0.0133. The van der Waals surface area contributed by atoms with Crippen LogP contribution in [0.2, 0.25) is 0 Å². The molecule has 4 heterocycles. The van der Waals surface area contributed by atoms with E-state index in [1.165, 1.54) is 18.5 Å². The molecule has 6 heteroatoms. The van der Waals surface area contributed by atoms with Crippen LogP contribution in [0, 0.1) is 0 Å². The van der Waals surface area contributed by atoms with E-state index in [2.05, 4.69) is 33.0 Å². The van der Waals surface area contributed by atoms with Gasteiger partial charge in [-0.15, -0.1) is 0 Å². The molecule has 0 bridgehead atoms. The molecule has 29 heavy (non-hydrogen) atoms. The number of pyridine rings is 1. The fraction of sp³-hybridized carbons (Fsp3) is 0.522. The molecule has 3 aliphatic heterocycles. The Labute approximate surface area is 172 Å². The van der Waals surface area contributed by atoms with Crippen molar-refractivity contribution < 1.29 is 14.2 Å². The van der Waals surface area contributed by atoms with E-state index in [9.17, 15) is 0 Å². The molecule has 5 rings (SSSR count). The lowest BCUT2D eigenvalue weighted by Crippen LogP contribution is -2.48. The second-order valence-electron chi connectivity index (χ2n) is 8.16. The summed E-state index contributed by atoms with van der Waals surface area (Å²) in [6, 6.07) is 11.0. The highest BCUT2D eigenvalue weighted by atomic mass is 16.7. The van der Waals surface area contributed by atoms with E-state index in [4.69, 9.17) is 14.2 Å². The molecule has 0 N–H and O–H groups in total. The number of anilines is 1. The van der Waals surface area contributed by atoms with E-state index in [1.807, 2.05) is 18.3 Å². The van der Waals surface area contributed by atoms with Gasteiger partial charge in [0.2, 0.25) is 6.79 Å². The SMILES string of the molecule is c1cncc(COC2CCN(C3CCN(c4ccc5c(c4)OCO5)CC3)CC2)c1. The molecule has 2 aromatic rings. The van der Waals surface area contributed by atoms with Crippen molar-refractivity contribution in [2.75, 3.05) is 37.9 Å². The predicted molar refractivity (Wildman–Crippen MR) is 111 cm³/mol. The van der Waals surface area contributed by atoms with Crippen molar-refractivity contribution in [2.45, 2.75) is 44.4 Å². The van der Waals surface area contributed by atoms with Gasteiger partial charge < -0.3 is 24.0 Å². The molecule has 3 aliphatic rings. The summed E-state index contributed by atoms with van der Waals surface area (Å²) >= 11 is 0. The minimum Gasteiger partial charge on any atom is -0.454 e. The first-order valence-corrected chi connectivity index (χ1v) is 10.7. The fourth-order valence-corrected chi connectivity index (χ4v) is 4.68. The molecule has 2 saturated heterocycles. The van der Waals surface area contributed by atoms with E-state index in [0.29, 0.717) is 25.5 Å². The third-order valence-electron chi connectivity index (χ3n) is 6.39. The second-order valence-corrected chi connectivity index (χ2v) is 8.16. The zero-order chi connectivity index (χ0) is 19.5. The molecule has 0 unspecified atom stereocenters. The number of fused-ring (bicyclic) bond motifs is 1. The van der Waals surface area contributed by atoms with Crippen LogP contribution in [-0.2, 0) is 11.3 Å². The standard InChI is InChI=1S/C23H29N3O3/c1-2-18(15-24-9-1)16-27-21-7-12-25(13-8-21)19-5-10-26(11-6-19)20-3-4-22-23(14-20)29-17-28-22/h1-4,9,14-15,19,21H,5-8,10-13,16-17H2. The van der Waals surface area contributed by atoms with Gasteiger partial charge in [0.25, 0.3) is 0 Å². The van der Waals surface area contributed by atoms with Gasteiger partial charge in [0.05, 0.1) is 12.7 Å². The minimum absolute atomic E-state index is 0.336. The van der Waals surface area contributed by atoms with E-state index in [1.54, 1.807) is 6.20 Å². The topological polar surface area (TPSA) is 47.1 Å². The number of likely N-dealkylation sites (tertiary alicyclic amines) is 1. The van der Waals surface area contributed by atoms with Crippen molar-refractivity contribution in [1.82, 2.24) is 9.88 Å². The van der Waals surface area contributed by atoms with Crippen molar-refractivity contribution in [3.8, 4) is 11.5 Å². The van der Waals surface area contributed by atoms with Gasteiger partial charge in [-0.05, 0) is 49.4 Å². The highest BCUT2D eigenvalue weighted by Gasteiger charge is 2.29. The van der Waals surface area contributed by atoms with Crippen LogP contribution < -0.4 is 14.4 Å². The van der Waals surface area contributed by atoms with Gasteiger partial charge in [0.15, 0.2) is 11.5 Å². The maximum absolute atomic E-state index is 6.12. The highest BCUT2D eigenvalue weighted by Crippen LogP contribution is 2.36. The van der Waals surface area contributed by atoms with E-state index < -0.39 is 0 Å². The summed E-state index contributed by atoms with van der Waals surface area (Å²) < 4.78 is 17.1. The van der Waals surface area contributed by atoms with Gasteiger partial charge >= 0.3 is 0 Å². The van der Waals surface area contributed by atoms with Gasteiger partial charge in [-0.1, -0.05) is 6.07 Å². The molecule has 0 saturated carbocycles. The molecule has 0 amide bonds. The van der Waals surface area contributed by atoms with Crippen LogP contribution in [0.4, 0.5) is 5.69 Å². The Hall–Kier alpha value is -2.31. The molecule has 0 radical (unpaired) electrons. The van der Waals surface area contributed by atoms with Gasteiger partial charge in [-0.3, -0.25) is 4.98 Å². The summed E-state index contributed by atoms with van der Waals surface area (Å²) in [4.78, 5) is 9.32. The minimum atomic E-state index is 0.336. The Morgan fingerprint density at radius 2 is 1.79 bits per heavy atom. The number of hydrogen-bond acceptors (Lipinski definition) is 6. The summed E-state index contributed by atoms with van der Waals surface area (Å²) in [5.41, 5.74) is 2.40. The average Bonchev–Trinajstić information content (AvgIpc) is 3.27. The van der Waals surface area contributed by atoms with Crippen molar-refractivity contribution in [1.29, 1.82) is 0 Å². The molecule has 1 aromatic carbocycles. The molecule has 154 valence electrons. The first kappa shape index (κ1) is 18.7. The van der Waals surface area contributed by atoms with Gasteiger partial charge in [-0.25, -0.2) is 0 Å². The lowest BCUT2D eigenvalue weighted by atomic mass is 9.98. The Morgan fingerprint density at radius 3 is 2.59 bits per heavy atom. The van der Waals surface area contributed by atoms with Crippen LogP contribution in [0.15, 0.2) is 42.7 Å². The number of piperidine rings is 2. The summed E-state index contributed by atoms with van der Waals surface area (Å²) in [5, 5.41) is 0. The summed E-state index contributed by atoms with van der Waals surface area (Å²) in [6.45, 7) is 5.50. The number of rotatable bonds is 5. The van der Waals surface area contributed by atoms with Gasteiger partial charge in [0, 0.05) is 56.4 Å². The number of hydrogen-bond donors (Lipinski definition) is 0. The predicted octanol–water partition coefficient (Wildman–Crippen LogP) is 3.46. The van der Waals surface area contributed by atoms with Crippen LogP contribution in [-0.4, -0.2) is 55.0 Å². The fourth-order valence-electron chi connectivity index (χ4n) is 4.68. The van der Waals surface area contributed by atoms with Crippen molar-refractivity contribution in [3.05, 3.63) is 48.3 Å². The molecule has 0 spiro atoms. The van der Waals surface area contributed by atoms with Crippen LogP contribution in [0.1, 0.15) is 31.2 Å². The molecule has 1 aromatic heterocycles. The smallest absolute Gasteiger partial charge is 0.231 e. The third kappa shape index (κ3) is 4.33. The van der Waals surface area contributed by atoms with Crippen LogP contribution >= 0.6 is 0 Å². The molecular weight excluding hydrogens is 366 g/mol. The summed E-state index contributed by atoms with van der Waals surface area (Å²) in [7, 11) is 0. The zero-order valence-electron chi connectivity index (χ0n) is 16.8. The number of benzene rings is 1. The Kier molecular flexibility index (Phi) is 5.54. The second kappa shape index (κ2) is 8.59. The van der Waals surface area contributed by atoms with Crippen molar-refractivity contribution in [3.63, 3.8) is 0 Å². The molecular formula is C23H29N3O3. The average molecular weight is 396 g/mol. The molecule has 0 atom stereocenters. The normalized spacial score (nSPS) is 20.9.